The lowest BCUT2D eigenvalue weighted by atomic mass is 10.1. The number of nitrogens with zero attached hydrogens (tertiary/aromatic N) is 4. The Hall–Kier alpha value is -2.21. The number of oxime groups is 1. The van der Waals surface area contributed by atoms with Crippen molar-refractivity contribution in [2.45, 2.75) is 12.5 Å². The van der Waals surface area contributed by atoms with Gasteiger partial charge in [0.25, 0.3) is 5.91 Å². The third kappa shape index (κ3) is 5.35. The molecule has 0 aliphatic carbocycles. The van der Waals surface area contributed by atoms with Crippen molar-refractivity contribution >= 4 is 50.4 Å². The van der Waals surface area contributed by atoms with E-state index in [9.17, 15) is 13.2 Å². The number of halogens is 1. The second-order valence-corrected chi connectivity index (χ2v) is 10.9. The molecule has 0 saturated carbocycles. The number of amides is 1. The number of thiophene rings is 1. The summed E-state index contributed by atoms with van der Waals surface area (Å²) in [4.78, 5) is 24.8. The maximum Gasteiger partial charge on any atom is 0.264 e. The van der Waals surface area contributed by atoms with E-state index >= 15 is 0 Å². The van der Waals surface area contributed by atoms with Crippen LogP contribution in [0.15, 0.2) is 41.7 Å². The van der Waals surface area contributed by atoms with Gasteiger partial charge in [0, 0.05) is 45.3 Å². The number of aromatic nitrogens is 1. The fourth-order valence-corrected chi connectivity index (χ4v) is 5.79. The van der Waals surface area contributed by atoms with Crippen molar-refractivity contribution in [2.75, 3.05) is 43.4 Å². The summed E-state index contributed by atoms with van der Waals surface area (Å²) < 4.78 is 27.4. The van der Waals surface area contributed by atoms with Gasteiger partial charge in [-0.25, -0.2) is 13.4 Å². The molecule has 2 aliphatic rings. The quantitative estimate of drug-likeness (QED) is 0.640. The van der Waals surface area contributed by atoms with Crippen LogP contribution in [0.5, 0.6) is 0 Å². The van der Waals surface area contributed by atoms with E-state index in [2.05, 4.69) is 20.4 Å². The minimum Gasteiger partial charge on any atom is -0.382 e. The smallest absolute Gasteiger partial charge is 0.264 e. The first kappa shape index (κ1) is 22.0. The molecule has 1 unspecified atom stereocenters. The van der Waals surface area contributed by atoms with Crippen molar-refractivity contribution < 1.29 is 18.0 Å². The number of pyridine rings is 1. The Labute approximate surface area is 189 Å². The fourth-order valence-electron chi connectivity index (χ4n) is 3.42. The SMILES string of the molecule is O=C(NCCS(=O)(=O)N1CCN(c2ccccn2)CC1)C1CC(c2ccc(Cl)s2)=NO1. The van der Waals surface area contributed by atoms with Crippen molar-refractivity contribution in [3.8, 4) is 0 Å². The minimum absolute atomic E-state index is 0.0155. The summed E-state index contributed by atoms with van der Waals surface area (Å²) >= 11 is 7.29. The summed E-state index contributed by atoms with van der Waals surface area (Å²) in [5.41, 5.74) is 0.662. The van der Waals surface area contributed by atoms with Gasteiger partial charge in [-0.1, -0.05) is 22.8 Å². The zero-order valence-corrected chi connectivity index (χ0v) is 19.0. The zero-order chi connectivity index (χ0) is 21.8. The monoisotopic (exact) mass is 483 g/mol. The van der Waals surface area contributed by atoms with E-state index in [0.717, 1.165) is 10.7 Å². The molecule has 1 amide bonds. The van der Waals surface area contributed by atoms with Gasteiger partial charge in [-0.2, -0.15) is 4.31 Å². The van der Waals surface area contributed by atoms with Crippen molar-refractivity contribution in [2.24, 2.45) is 5.16 Å². The number of hydrogen-bond donors (Lipinski definition) is 1. The van der Waals surface area contributed by atoms with Gasteiger partial charge in [0.05, 0.1) is 15.0 Å². The van der Waals surface area contributed by atoms with Gasteiger partial charge in [-0.3, -0.25) is 4.79 Å². The van der Waals surface area contributed by atoms with Gasteiger partial charge in [-0.15, -0.1) is 11.3 Å². The second kappa shape index (κ2) is 9.51. The van der Waals surface area contributed by atoms with Crippen LogP contribution in [0.3, 0.4) is 0 Å². The van der Waals surface area contributed by atoms with Crippen LogP contribution in [0.4, 0.5) is 5.82 Å². The molecule has 2 aliphatic heterocycles. The Morgan fingerprint density at radius 3 is 2.71 bits per heavy atom. The van der Waals surface area contributed by atoms with Crippen molar-refractivity contribution in [3.05, 3.63) is 45.7 Å². The maximum absolute atomic E-state index is 12.6. The van der Waals surface area contributed by atoms with Crippen LogP contribution in [0, 0.1) is 0 Å². The third-order valence-corrected chi connectivity index (χ3v) is 8.24. The molecule has 1 saturated heterocycles. The number of rotatable bonds is 7. The van der Waals surface area contributed by atoms with Gasteiger partial charge in [-0.05, 0) is 24.3 Å². The first-order valence-electron chi connectivity index (χ1n) is 9.82. The summed E-state index contributed by atoms with van der Waals surface area (Å²) in [7, 11) is -3.47. The van der Waals surface area contributed by atoms with Gasteiger partial charge in [0.2, 0.25) is 16.1 Å². The number of sulfonamides is 1. The Bertz CT molecular complexity index is 1050. The molecule has 12 heteroatoms. The van der Waals surface area contributed by atoms with E-state index in [-0.39, 0.29) is 18.2 Å². The molecule has 0 radical (unpaired) electrons. The highest BCUT2D eigenvalue weighted by Gasteiger charge is 2.31. The molecule has 31 heavy (non-hydrogen) atoms. The molecule has 0 spiro atoms. The fraction of sp³-hybridized carbons (Fsp3) is 0.421. The molecule has 4 heterocycles. The number of anilines is 1. The molecular weight excluding hydrogens is 462 g/mol. The highest BCUT2D eigenvalue weighted by atomic mass is 35.5. The van der Waals surface area contributed by atoms with E-state index < -0.39 is 16.1 Å². The first-order valence-corrected chi connectivity index (χ1v) is 12.6. The second-order valence-electron chi connectivity index (χ2n) is 7.12. The average Bonchev–Trinajstić information content (AvgIpc) is 3.43. The van der Waals surface area contributed by atoms with Crippen LogP contribution < -0.4 is 10.2 Å². The topological polar surface area (TPSA) is 104 Å². The predicted molar refractivity (Wildman–Crippen MR) is 120 cm³/mol. The molecule has 1 fully saturated rings. The van der Waals surface area contributed by atoms with Crippen molar-refractivity contribution in [1.82, 2.24) is 14.6 Å². The number of hydrogen-bond acceptors (Lipinski definition) is 8. The highest BCUT2D eigenvalue weighted by Crippen LogP contribution is 2.26. The van der Waals surface area contributed by atoms with Crippen LogP contribution in [-0.2, 0) is 19.7 Å². The number of piperazine rings is 1. The van der Waals surface area contributed by atoms with Gasteiger partial charge >= 0.3 is 0 Å². The Balaban J connectivity index is 1.21. The Kier molecular flexibility index (Phi) is 6.75. The largest absolute Gasteiger partial charge is 0.382 e. The van der Waals surface area contributed by atoms with Crippen LogP contribution in [0.2, 0.25) is 4.34 Å². The molecular formula is C19H22ClN5O4S2. The molecule has 0 aromatic carbocycles. The molecule has 1 atom stereocenters. The van der Waals surface area contributed by atoms with Crippen LogP contribution in [0.1, 0.15) is 11.3 Å². The Morgan fingerprint density at radius 1 is 1.23 bits per heavy atom. The molecule has 166 valence electrons. The van der Waals surface area contributed by atoms with E-state index in [1.54, 1.807) is 12.3 Å². The van der Waals surface area contributed by atoms with Crippen LogP contribution in [0.25, 0.3) is 0 Å². The molecule has 4 rings (SSSR count). The van der Waals surface area contributed by atoms with Crippen LogP contribution in [-0.4, -0.2) is 73.9 Å². The highest BCUT2D eigenvalue weighted by molar-refractivity contribution is 7.89. The summed E-state index contributed by atoms with van der Waals surface area (Å²) in [6.07, 6.45) is 1.28. The molecule has 0 bridgehead atoms. The van der Waals surface area contributed by atoms with E-state index in [1.165, 1.54) is 15.6 Å². The van der Waals surface area contributed by atoms with Crippen LogP contribution >= 0.6 is 22.9 Å². The zero-order valence-electron chi connectivity index (χ0n) is 16.6. The molecule has 2 aromatic heterocycles. The normalized spacial score (nSPS) is 19.7. The lowest BCUT2D eigenvalue weighted by Gasteiger charge is -2.34. The number of nitrogens with one attached hydrogen (secondary N) is 1. The average molecular weight is 484 g/mol. The minimum atomic E-state index is -3.47. The predicted octanol–water partition coefficient (Wildman–Crippen LogP) is 1.56. The van der Waals surface area contributed by atoms with E-state index in [0.29, 0.717) is 42.6 Å². The lowest BCUT2D eigenvalue weighted by Crippen LogP contribution is -2.50. The van der Waals surface area contributed by atoms with Gasteiger partial charge in [0.15, 0.2) is 0 Å². The summed E-state index contributed by atoms with van der Waals surface area (Å²) in [6.45, 7) is 1.94. The molecule has 1 N–H and O–H groups in total. The van der Waals surface area contributed by atoms with E-state index in [1.807, 2.05) is 24.3 Å². The maximum atomic E-state index is 12.6. The first-order chi connectivity index (χ1) is 14.9. The summed E-state index contributed by atoms with van der Waals surface area (Å²) in [5.74, 6) is 0.301. The van der Waals surface area contributed by atoms with Crippen molar-refractivity contribution in [3.63, 3.8) is 0 Å². The standard InChI is InChI=1S/C19H22ClN5O4S2/c20-17-5-4-16(30-17)14-13-15(29-23-14)19(26)22-7-12-31(27,28)25-10-8-24(9-11-25)18-3-1-2-6-21-18/h1-6,15H,7-13H2,(H,22,26). The summed E-state index contributed by atoms with van der Waals surface area (Å²) in [5, 5.41) is 6.60. The van der Waals surface area contributed by atoms with Gasteiger partial charge < -0.3 is 15.1 Å². The Morgan fingerprint density at radius 2 is 2.03 bits per heavy atom. The third-order valence-electron chi connectivity index (χ3n) is 5.08. The van der Waals surface area contributed by atoms with Crippen molar-refractivity contribution in [1.29, 1.82) is 0 Å². The lowest BCUT2D eigenvalue weighted by molar-refractivity contribution is -0.131. The molecule has 2 aromatic rings. The molecule has 9 nitrogen and oxygen atoms in total. The summed E-state index contributed by atoms with van der Waals surface area (Å²) in [6, 6.07) is 9.26. The number of carbonyl (C=O) groups is 1. The van der Waals surface area contributed by atoms with Gasteiger partial charge in [0.1, 0.15) is 11.5 Å². The van der Waals surface area contributed by atoms with E-state index in [4.69, 9.17) is 16.4 Å². The number of carbonyl (C=O) groups excluding carboxylic acids is 1.